The van der Waals surface area contributed by atoms with E-state index in [1.165, 1.54) is 0 Å². The van der Waals surface area contributed by atoms with Crippen molar-refractivity contribution < 1.29 is 14.9 Å². The molecule has 0 unspecified atom stereocenters. The number of likely N-dealkylation sites (N-methyl/N-ethyl adjacent to an activating group) is 1. The lowest BCUT2D eigenvalue weighted by molar-refractivity contribution is 0.0351. The Morgan fingerprint density at radius 2 is 1.95 bits per heavy atom. The number of aromatic hydroxyl groups is 1. The maximum Gasteiger partial charge on any atom is 0.162 e. The van der Waals surface area contributed by atoms with Crippen molar-refractivity contribution in [3.8, 4) is 11.5 Å². The van der Waals surface area contributed by atoms with Crippen molar-refractivity contribution in [3.63, 3.8) is 0 Å². The second-order valence-electron chi connectivity index (χ2n) is 5.31. The van der Waals surface area contributed by atoms with Crippen LogP contribution in [0.1, 0.15) is 33.3 Å². The largest absolute Gasteiger partial charge is 0.504 e. The van der Waals surface area contributed by atoms with Crippen LogP contribution in [0.4, 0.5) is 0 Å². The van der Waals surface area contributed by atoms with Crippen LogP contribution in [0.15, 0.2) is 18.2 Å². The van der Waals surface area contributed by atoms with Crippen LogP contribution >= 0.6 is 0 Å². The maximum atomic E-state index is 10.1. The van der Waals surface area contributed by atoms with Crippen LogP contribution in [-0.4, -0.2) is 40.4 Å². The molecule has 0 amide bonds. The van der Waals surface area contributed by atoms with E-state index < -0.39 is 5.60 Å². The summed E-state index contributed by atoms with van der Waals surface area (Å²) in [5.41, 5.74) is 0.0698. The number of nitrogens with zero attached hydrogens (tertiary/aromatic N) is 1. The van der Waals surface area contributed by atoms with Gasteiger partial charge in [-0.3, -0.25) is 4.90 Å². The van der Waals surface area contributed by atoms with Crippen LogP contribution < -0.4 is 4.74 Å². The van der Waals surface area contributed by atoms with Gasteiger partial charge in [0.25, 0.3) is 0 Å². The molecular formula is C15H25NO3. The fourth-order valence-electron chi connectivity index (χ4n) is 2.03. The fraction of sp³-hybridized carbons (Fsp3) is 0.600. The van der Waals surface area contributed by atoms with Gasteiger partial charge in [-0.1, -0.05) is 19.1 Å². The Bertz CT molecular complexity index is 399. The number of phenols is 1. The molecule has 1 aromatic carbocycles. The molecule has 0 aromatic heterocycles. The Morgan fingerprint density at radius 3 is 2.47 bits per heavy atom. The first-order chi connectivity index (χ1) is 8.87. The van der Waals surface area contributed by atoms with Gasteiger partial charge in [0.15, 0.2) is 11.5 Å². The molecule has 0 spiro atoms. The summed E-state index contributed by atoms with van der Waals surface area (Å²) in [5, 5.41) is 20.0. The normalized spacial score (nSPS) is 11.9. The maximum absolute atomic E-state index is 10.1. The highest BCUT2D eigenvalue weighted by molar-refractivity contribution is 5.45. The SMILES string of the molecule is CCOc1cccc(CN(CC)CC(C)(C)O)c1O. The summed E-state index contributed by atoms with van der Waals surface area (Å²) in [6.45, 7) is 9.97. The first kappa shape index (κ1) is 15.8. The number of para-hydroxylation sites is 1. The molecule has 4 heteroatoms. The van der Waals surface area contributed by atoms with Gasteiger partial charge >= 0.3 is 0 Å². The molecule has 0 radical (unpaired) electrons. The average Bonchev–Trinajstić information content (AvgIpc) is 2.32. The lowest BCUT2D eigenvalue weighted by Gasteiger charge is -2.28. The van der Waals surface area contributed by atoms with Crippen LogP contribution in [-0.2, 0) is 6.54 Å². The summed E-state index contributed by atoms with van der Waals surface area (Å²) in [4.78, 5) is 2.09. The molecule has 2 N–H and O–H groups in total. The van der Waals surface area contributed by atoms with Gasteiger partial charge in [0.1, 0.15) is 0 Å². The van der Waals surface area contributed by atoms with Gasteiger partial charge in [0, 0.05) is 18.7 Å². The van der Waals surface area contributed by atoms with E-state index in [9.17, 15) is 10.2 Å². The highest BCUT2D eigenvalue weighted by atomic mass is 16.5. The lowest BCUT2D eigenvalue weighted by atomic mass is 10.1. The van der Waals surface area contributed by atoms with E-state index in [2.05, 4.69) is 4.90 Å². The molecule has 4 nitrogen and oxygen atoms in total. The predicted octanol–water partition coefficient (Wildman–Crippen LogP) is 2.38. The molecule has 0 bridgehead atoms. The molecule has 19 heavy (non-hydrogen) atoms. The van der Waals surface area contributed by atoms with Gasteiger partial charge in [0.2, 0.25) is 0 Å². The summed E-state index contributed by atoms with van der Waals surface area (Å²) in [6, 6.07) is 5.51. The zero-order chi connectivity index (χ0) is 14.5. The van der Waals surface area contributed by atoms with Gasteiger partial charge in [-0.15, -0.1) is 0 Å². The first-order valence-electron chi connectivity index (χ1n) is 6.75. The van der Waals surface area contributed by atoms with E-state index >= 15 is 0 Å². The minimum Gasteiger partial charge on any atom is -0.504 e. The van der Waals surface area contributed by atoms with Crippen LogP contribution in [0.2, 0.25) is 0 Å². The fourth-order valence-corrected chi connectivity index (χ4v) is 2.03. The Balaban J connectivity index is 2.82. The standard InChI is InChI=1S/C15H25NO3/c1-5-16(11-15(3,4)18)10-12-8-7-9-13(14(12)17)19-6-2/h7-9,17-18H,5-6,10-11H2,1-4H3. The van der Waals surface area contributed by atoms with Crippen molar-refractivity contribution >= 4 is 0 Å². The number of rotatable bonds is 7. The molecule has 1 rings (SSSR count). The number of hydrogen-bond acceptors (Lipinski definition) is 4. The molecule has 0 saturated carbocycles. The van der Waals surface area contributed by atoms with Gasteiger partial charge < -0.3 is 14.9 Å². The molecule has 0 aliphatic rings. The molecule has 0 heterocycles. The Hall–Kier alpha value is -1.26. The molecular weight excluding hydrogens is 242 g/mol. The summed E-state index contributed by atoms with van der Waals surface area (Å²) >= 11 is 0. The highest BCUT2D eigenvalue weighted by Gasteiger charge is 2.19. The van der Waals surface area contributed by atoms with Crippen molar-refractivity contribution in [1.29, 1.82) is 0 Å². The molecule has 1 aromatic rings. The van der Waals surface area contributed by atoms with Gasteiger partial charge in [-0.25, -0.2) is 0 Å². The first-order valence-corrected chi connectivity index (χ1v) is 6.75. The third kappa shape index (κ3) is 5.09. The number of benzene rings is 1. The van der Waals surface area contributed by atoms with Crippen molar-refractivity contribution in [1.82, 2.24) is 4.90 Å². The Labute approximate surface area is 115 Å². The van der Waals surface area contributed by atoms with Gasteiger partial charge in [-0.2, -0.15) is 0 Å². The predicted molar refractivity (Wildman–Crippen MR) is 76.5 cm³/mol. The molecule has 0 fully saturated rings. The van der Waals surface area contributed by atoms with Crippen LogP contribution in [0, 0.1) is 0 Å². The lowest BCUT2D eigenvalue weighted by Crippen LogP contribution is -2.38. The van der Waals surface area contributed by atoms with Crippen LogP contribution in [0.3, 0.4) is 0 Å². The number of hydrogen-bond donors (Lipinski definition) is 2. The summed E-state index contributed by atoms with van der Waals surface area (Å²) in [5.74, 6) is 0.706. The molecule has 0 aliphatic carbocycles. The van der Waals surface area contributed by atoms with E-state index in [1.807, 2.05) is 26.0 Å². The van der Waals surface area contributed by atoms with Crippen molar-refractivity contribution in [2.75, 3.05) is 19.7 Å². The van der Waals surface area contributed by atoms with E-state index in [0.29, 0.717) is 25.4 Å². The minimum absolute atomic E-state index is 0.193. The third-order valence-electron chi connectivity index (χ3n) is 2.83. The second kappa shape index (κ2) is 6.78. The molecule has 0 saturated heterocycles. The average molecular weight is 267 g/mol. The van der Waals surface area contributed by atoms with E-state index in [-0.39, 0.29) is 5.75 Å². The van der Waals surface area contributed by atoms with Gasteiger partial charge in [-0.05, 0) is 33.4 Å². The van der Waals surface area contributed by atoms with Crippen LogP contribution in [0.5, 0.6) is 11.5 Å². The molecule has 108 valence electrons. The summed E-state index contributed by atoms with van der Waals surface area (Å²) in [7, 11) is 0. The monoisotopic (exact) mass is 267 g/mol. The number of aliphatic hydroxyl groups is 1. The quantitative estimate of drug-likeness (QED) is 0.796. The Kier molecular flexibility index (Phi) is 5.63. The summed E-state index contributed by atoms with van der Waals surface area (Å²) in [6.07, 6.45) is 0. The van der Waals surface area contributed by atoms with Crippen LogP contribution in [0.25, 0.3) is 0 Å². The summed E-state index contributed by atoms with van der Waals surface area (Å²) < 4.78 is 5.38. The van der Waals surface area contributed by atoms with Crippen molar-refractivity contribution in [2.45, 2.75) is 39.8 Å². The third-order valence-corrected chi connectivity index (χ3v) is 2.83. The zero-order valence-electron chi connectivity index (χ0n) is 12.3. The van der Waals surface area contributed by atoms with Gasteiger partial charge in [0.05, 0.1) is 12.2 Å². The van der Waals surface area contributed by atoms with Crippen molar-refractivity contribution in [2.24, 2.45) is 0 Å². The van der Waals surface area contributed by atoms with Crippen molar-refractivity contribution in [3.05, 3.63) is 23.8 Å². The Morgan fingerprint density at radius 1 is 1.26 bits per heavy atom. The smallest absolute Gasteiger partial charge is 0.162 e. The molecule has 0 aliphatic heterocycles. The van der Waals surface area contributed by atoms with E-state index in [1.54, 1.807) is 19.9 Å². The molecule has 0 atom stereocenters. The van der Waals surface area contributed by atoms with E-state index in [4.69, 9.17) is 4.74 Å². The minimum atomic E-state index is -0.747. The number of phenolic OH excluding ortho intramolecular Hbond substituents is 1. The second-order valence-corrected chi connectivity index (χ2v) is 5.31. The van der Waals surface area contributed by atoms with E-state index in [0.717, 1.165) is 12.1 Å². The topological polar surface area (TPSA) is 52.9 Å². The highest BCUT2D eigenvalue weighted by Crippen LogP contribution is 2.30. The zero-order valence-corrected chi connectivity index (χ0v) is 12.3. The number of ether oxygens (including phenoxy) is 1.